The van der Waals surface area contributed by atoms with E-state index < -0.39 is 0 Å². The second kappa shape index (κ2) is 4.48. The van der Waals surface area contributed by atoms with Crippen LogP contribution in [-0.2, 0) is 5.33 Å². The lowest BCUT2D eigenvalue weighted by molar-refractivity contribution is 0.385. The smallest absolute Gasteiger partial charge is 0.144 e. The third kappa shape index (κ3) is 2.04. The minimum atomic E-state index is 0.613. The summed E-state index contributed by atoms with van der Waals surface area (Å²) < 4.78 is 5.64. The standard InChI is InChI=1S/C16H16BrNO/c17-9-14-15(18-19-16(14)11-7-8-11)13-4-2-1-3-12(13)10-5-6-10/h1-4,10-11H,5-9H2. The van der Waals surface area contributed by atoms with E-state index in [4.69, 9.17) is 4.52 Å². The van der Waals surface area contributed by atoms with E-state index in [1.165, 1.54) is 42.4 Å². The van der Waals surface area contributed by atoms with E-state index in [0.29, 0.717) is 5.92 Å². The fourth-order valence-corrected chi connectivity index (χ4v) is 3.33. The van der Waals surface area contributed by atoms with Gasteiger partial charge in [0.25, 0.3) is 0 Å². The average molecular weight is 318 g/mol. The Hall–Kier alpha value is -1.09. The van der Waals surface area contributed by atoms with Crippen LogP contribution in [0.15, 0.2) is 28.8 Å². The zero-order valence-electron chi connectivity index (χ0n) is 10.7. The van der Waals surface area contributed by atoms with Crippen molar-refractivity contribution >= 4 is 15.9 Å². The summed E-state index contributed by atoms with van der Waals surface area (Å²) in [5, 5.41) is 5.21. The van der Waals surface area contributed by atoms with Crippen LogP contribution in [0, 0.1) is 0 Å². The number of alkyl halides is 1. The van der Waals surface area contributed by atoms with Gasteiger partial charge in [0.1, 0.15) is 11.5 Å². The van der Waals surface area contributed by atoms with Crippen LogP contribution in [0.3, 0.4) is 0 Å². The zero-order chi connectivity index (χ0) is 12.8. The van der Waals surface area contributed by atoms with Gasteiger partial charge in [-0.1, -0.05) is 45.4 Å². The molecule has 2 nitrogen and oxygen atoms in total. The molecule has 1 aromatic carbocycles. The van der Waals surface area contributed by atoms with Crippen LogP contribution in [0.25, 0.3) is 11.3 Å². The van der Waals surface area contributed by atoms with Crippen molar-refractivity contribution in [2.24, 2.45) is 0 Å². The molecule has 98 valence electrons. The van der Waals surface area contributed by atoms with Crippen LogP contribution in [0.1, 0.15) is 54.4 Å². The predicted octanol–water partition coefficient (Wildman–Crippen LogP) is 4.99. The van der Waals surface area contributed by atoms with Crippen molar-refractivity contribution in [3.8, 4) is 11.3 Å². The molecule has 0 N–H and O–H groups in total. The second-order valence-corrected chi connectivity index (χ2v) is 6.20. The lowest BCUT2D eigenvalue weighted by Crippen LogP contribution is -1.91. The zero-order valence-corrected chi connectivity index (χ0v) is 12.3. The van der Waals surface area contributed by atoms with Gasteiger partial charge in [0.15, 0.2) is 0 Å². The van der Waals surface area contributed by atoms with Gasteiger partial charge in [0, 0.05) is 22.4 Å². The Bertz CT molecular complexity index is 611. The Balaban J connectivity index is 1.83. The molecule has 1 aromatic heterocycles. The Kier molecular flexibility index (Phi) is 2.76. The Morgan fingerprint density at radius 1 is 1.11 bits per heavy atom. The Morgan fingerprint density at radius 2 is 1.84 bits per heavy atom. The van der Waals surface area contributed by atoms with Gasteiger partial charge in [0.05, 0.1) is 0 Å². The highest BCUT2D eigenvalue weighted by Gasteiger charge is 2.33. The van der Waals surface area contributed by atoms with Gasteiger partial charge in [-0.3, -0.25) is 0 Å². The minimum Gasteiger partial charge on any atom is -0.360 e. The average Bonchev–Trinajstić information content (AvgIpc) is 3.35. The highest BCUT2D eigenvalue weighted by Crippen LogP contribution is 2.48. The van der Waals surface area contributed by atoms with Crippen molar-refractivity contribution in [1.29, 1.82) is 0 Å². The van der Waals surface area contributed by atoms with E-state index in [-0.39, 0.29) is 0 Å². The van der Waals surface area contributed by atoms with Gasteiger partial charge in [-0.25, -0.2) is 0 Å². The SMILES string of the molecule is BrCc1c(-c2ccccc2C2CC2)noc1C1CC1. The second-order valence-electron chi connectivity index (χ2n) is 5.64. The molecule has 2 aliphatic rings. The number of rotatable bonds is 4. The molecule has 0 radical (unpaired) electrons. The predicted molar refractivity (Wildman–Crippen MR) is 78.5 cm³/mol. The summed E-state index contributed by atoms with van der Waals surface area (Å²) in [6.45, 7) is 0. The summed E-state index contributed by atoms with van der Waals surface area (Å²) in [6, 6.07) is 8.67. The number of aromatic nitrogens is 1. The van der Waals surface area contributed by atoms with Gasteiger partial charge < -0.3 is 4.52 Å². The van der Waals surface area contributed by atoms with Crippen molar-refractivity contribution in [2.75, 3.05) is 0 Å². The molecule has 0 bridgehead atoms. The summed E-state index contributed by atoms with van der Waals surface area (Å²) in [7, 11) is 0. The normalized spacial score (nSPS) is 18.8. The monoisotopic (exact) mass is 317 g/mol. The van der Waals surface area contributed by atoms with Crippen LogP contribution < -0.4 is 0 Å². The molecule has 0 aliphatic heterocycles. The van der Waals surface area contributed by atoms with E-state index in [1.807, 2.05) is 0 Å². The van der Waals surface area contributed by atoms with Gasteiger partial charge in [0.2, 0.25) is 0 Å². The maximum atomic E-state index is 5.64. The lowest BCUT2D eigenvalue weighted by atomic mass is 9.97. The lowest BCUT2D eigenvalue weighted by Gasteiger charge is -2.07. The Labute approximate surface area is 121 Å². The largest absolute Gasteiger partial charge is 0.360 e. The first kappa shape index (κ1) is 11.7. The summed E-state index contributed by atoms with van der Waals surface area (Å²) in [6.07, 6.45) is 5.12. The van der Waals surface area contributed by atoms with Gasteiger partial charge >= 0.3 is 0 Å². The molecule has 4 rings (SSSR count). The molecule has 0 atom stereocenters. The summed E-state index contributed by atoms with van der Waals surface area (Å²) in [5.41, 5.74) is 5.03. The highest BCUT2D eigenvalue weighted by molar-refractivity contribution is 9.08. The highest BCUT2D eigenvalue weighted by atomic mass is 79.9. The van der Waals surface area contributed by atoms with E-state index >= 15 is 0 Å². The third-order valence-corrected chi connectivity index (χ3v) is 4.69. The van der Waals surface area contributed by atoms with Gasteiger partial charge in [-0.15, -0.1) is 0 Å². The van der Waals surface area contributed by atoms with E-state index in [1.54, 1.807) is 0 Å². The van der Waals surface area contributed by atoms with E-state index in [9.17, 15) is 0 Å². The van der Waals surface area contributed by atoms with Crippen molar-refractivity contribution in [3.63, 3.8) is 0 Å². The first-order valence-electron chi connectivity index (χ1n) is 7.02. The fraction of sp³-hybridized carbons (Fsp3) is 0.438. The van der Waals surface area contributed by atoms with Crippen molar-refractivity contribution < 1.29 is 4.52 Å². The van der Waals surface area contributed by atoms with Crippen molar-refractivity contribution in [3.05, 3.63) is 41.2 Å². The van der Waals surface area contributed by atoms with Crippen LogP contribution in [-0.4, -0.2) is 5.16 Å². The first-order valence-corrected chi connectivity index (χ1v) is 8.14. The summed E-state index contributed by atoms with van der Waals surface area (Å²) >= 11 is 3.61. The molecular formula is C16H16BrNO. The first-order chi connectivity index (χ1) is 9.38. The number of benzene rings is 1. The number of nitrogens with zero attached hydrogens (tertiary/aromatic N) is 1. The topological polar surface area (TPSA) is 26.0 Å². The molecule has 2 saturated carbocycles. The quantitative estimate of drug-likeness (QED) is 0.742. The minimum absolute atomic E-state index is 0.613. The van der Waals surface area contributed by atoms with Crippen LogP contribution >= 0.6 is 15.9 Å². The van der Waals surface area contributed by atoms with Crippen molar-refractivity contribution in [2.45, 2.75) is 42.8 Å². The van der Waals surface area contributed by atoms with Gasteiger partial charge in [-0.05, 0) is 37.2 Å². The van der Waals surface area contributed by atoms with Crippen LogP contribution in [0.4, 0.5) is 0 Å². The maximum absolute atomic E-state index is 5.64. The Morgan fingerprint density at radius 3 is 2.53 bits per heavy atom. The maximum Gasteiger partial charge on any atom is 0.144 e. The number of hydrogen-bond donors (Lipinski definition) is 0. The van der Waals surface area contributed by atoms with E-state index in [2.05, 4.69) is 45.4 Å². The third-order valence-electron chi connectivity index (χ3n) is 4.13. The fourth-order valence-electron chi connectivity index (χ4n) is 2.79. The molecule has 0 spiro atoms. The van der Waals surface area contributed by atoms with Crippen LogP contribution in [0.2, 0.25) is 0 Å². The summed E-state index contributed by atoms with van der Waals surface area (Å²) in [4.78, 5) is 0. The van der Waals surface area contributed by atoms with Crippen molar-refractivity contribution in [1.82, 2.24) is 5.16 Å². The molecule has 19 heavy (non-hydrogen) atoms. The molecule has 0 unspecified atom stereocenters. The number of hydrogen-bond acceptors (Lipinski definition) is 2. The molecule has 0 amide bonds. The molecule has 3 heteroatoms. The molecule has 2 fully saturated rings. The summed E-state index contributed by atoms with van der Waals surface area (Å²) in [5.74, 6) is 2.46. The molecule has 2 aromatic rings. The number of halogens is 1. The van der Waals surface area contributed by atoms with E-state index in [0.717, 1.165) is 22.7 Å². The molecule has 0 saturated heterocycles. The molecular weight excluding hydrogens is 302 g/mol. The van der Waals surface area contributed by atoms with Crippen LogP contribution in [0.5, 0.6) is 0 Å². The van der Waals surface area contributed by atoms with Gasteiger partial charge in [-0.2, -0.15) is 0 Å². The molecule has 2 aliphatic carbocycles. The molecule has 1 heterocycles.